The van der Waals surface area contributed by atoms with E-state index in [4.69, 9.17) is 9.15 Å². The molecule has 3 aromatic rings. The molecule has 0 unspecified atom stereocenters. The summed E-state index contributed by atoms with van der Waals surface area (Å²) >= 11 is 0. The van der Waals surface area contributed by atoms with E-state index in [-0.39, 0.29) is 24.2 Å². The molecule has 1 saturated heterocycles. The third kappa shape index (κ3) is 3.08. The summed E-state index contributed by atoms with van der Waals surface area (Å²) in [4.78, 5) is 22.9. The number of nitrogens with zero attached hydrogens (tertiary/aromatic N) is 3. The SMILES string of the molecule is Cc1cc2c(c(O)c1-c1ccc3oc([C@@H]4CCC(=O)N(CCO)C4)nc3n1)CCO2. The zero-order valence-electron chi connectivity index (χ0n) is 16.7. The monoisotopic (exact) mass is 409 g/mol. The zero-order chi connectivity index (χ0) is 20.8. The maximum Gasteiger partial charge on any atom is 0.222 e. The topological polar surface area (TPSA) is 109 Å². The van der Waals surface area contributed by atoms with Gasteiger partial charge in [0.2, 0.25) is 11.8 Å². The number of aromatic hydroxyl groups is 1. The Labute approximate surface area is 173 Å². The summed E-state index contributed by atoms with van der Waals surface area (Å²) in [5.74, 6) is 1.51. The molecule has 2 aliphatic rings. The van der Waals surface area contributed by atoms with Crippen LogP contribution in [-0.4, -0.2) is 57.3 Å². The number of aryl methyl sites for hydroxylation is 1. The Bertz CT molecular complexity index is 1140. The Morgan fingerprint density at radius 3 is 2.97 bits per heavy atom. The van der Waals surface area contributed by atoms with Crippen LogP contribution >= 0.6 is 0 Å². The van der Waals surface area contributed by atoms with Crippen molar-refractivity contribution in [2.24, 2.45) is 0 Å². The highest BCUT2D eigenvalue weighted by Gasteiger charge is 2.30. The molecule has 2 aliphatic heterocycles. The molecule has 1 aromatic carbocycles. The normalized spacial score (nSPS) is 18.7. The number of rotatable bonds is 4. The van der Waals surface area contributed by atoms with Gasteiger partial charge in [0, 0.05) is 37.1 Å². The molecule has 8 nitrogen and oxygen atoms in total. The number of benzene rings is 1. The van der Waals surface area contributed by atoms with Crippen molar-refractivity contribution in [2.75, 3.05) is 26.3 Å². The number of likely N-dealkylation sites (tertiary alicyclic amines) is 1. The molecule has 0 saturated carbocycles. The number of aromatic nitrogens is 2. The molecule has 30 heavy (non-hydrogen) atoms. The molecule has 2 N–H and O–H groups in total. The van der Waals surface area contributed by atoms with Crippen LogP contribution in [0.15, 0.2) is 22.6 Å². The molecule has 4 heterocycles. The molecule has 156 valence electrons. The van der Waals surface area contributed by atoms with Gasteiger partial charge in [0.05, 0.1) is 24.8 Å². The molecule has 2 aromatic heterocycles. The number of aliphatic hydroxyl groups is 1. The highest BCUT2D eigenvalue weighted by Crippen LogP contribution is 2.42. The number of carbonyl (C=O) groups excluding carboxylic acids is 1. The van der Waals surface area contributed by atoms with E-state index in [0.29, 0.717) is 67.3 Å². The fraction of sp³-hybridized carbons (Fsp3) is 0.409. The molecular weight excluding hydrogens is 386 g/mol. The summed E-state index contributed by atoms with van der Waals surface area (Å²) in [6.07, 6.45) is 1.74. The van der Waals surface area contributed by atoms with Crippen molar-refractivity contribution in [3.8, 4) is 22.8 Å². The number of pyridine rings is 1. The maximum absolute atomic E-state index is 12.0. The van der Waals surface area contributed by atoms with Crippen molar-refractivity contribution < 1.29 is 24.2 Å². The summed E-state index contributed by atoms with van der Waals surface area (Å²) in [6, 6.07) is 5.58. The van der Waals surface area contributed by atoms with E-state index in [1.54, 1.807) is 4.90 Å². The van der Waals surface area contributed by atoms with Crippen molar-refractivity contribution in [3.63, 3.8) is 0 Å². The first kappa shape index (κ1) is 18.9. The van der Waals surface area contributed by atoms with Crippen LogP contribution in [0, 0.1) is 6.92 Å². The first-order chi connectivity index (χ1) is 14.5. The lowest BCUT2D eigenvalue weighted by Gasteiger charge is -2.30. The van der Waals surface area contributed by atoms with Crippen LogP contribution in [0.1, 0.15) is 35.8 Å². The second kappa shape index (κ2) is 7.28. The van der Waals surface area contributed by atoms with Crippen LogP contribution in [0.5, 0.6) is 11.5 Å². The lowest BCUT2D eigenvalue weighted by Crippen LogP contribution is -2.40. The largest absolute Gasteiger partial charge is 0.507 e. The molecule has 1 amide bonds. The minimum absolute atomic E-state index is 0.0285. The van der Waals surface area contributed by atoms with E-state index in [1.807, 2.05) is 25.1 Å². The van der Waals surface area contributed by atoms with Gasteiger partial charge in [-0.15, -0.1) is 0 Å². The Morgan fingerprint density at radius 2 is 2.13 bits per heavy atom. The fourth-order valence-electron chi connectivity index (χ4n) is 4.37. The average Bonchev–Trinajstić information content (AvgIpc) is 3.36. The number of hydrogen-bond donors (Lipinski definition) is 2. The first-order valence-corrected chi connectivity index (χ1v) is 10.2. The predicted octanol–water partition coefficient (Wildman–Crippen LogP) is 2.54. The molecule has 0 aliphatic carbocycles. The molecule has 8 heteroatoms. The minimum Gasteiger partial charge on any atom is -0.507 e. The lowest BCUT2D eigenvalue weighted by molar-refractivity contribution is -0.134. The van der Waals surface area contributed by atoms with E-state index < -0.39 is 0 Å². The van der Waals surface area contributed by atoms with Gasteiger partial charge >= 0.3 is 0 Å². The molecule has 1 atom stereocenters. The smallest absolute Gasteiger partial charge is 0.222 e. The number of ether oxygens (including phenoxy) is 1. The van der Waals surface area contributed by atoms with Gasteiger partial charge in [-0.3, -0.25) is 4.79 Å². The number of hydrogen-bond acceptors (Lipinski definition) is 7. The van der Waals surface area contributed by atoms with E-state index in [1.165, 1.54) is 0 Å². The second-order valence-electron chi connectivity index (χ2n) is 7.86. The van der Waals surface area contributed by atoms with Crippen LogP contribution in [0.3, 0.4) is 0 Å². The van der Waals surface area contributed by atoms with Gasteiger partial charge in [-0.2, -0.15) is 4.98 Å². The number of aliphatic hydroxyl groups excluding tert-OH is 1. The third-order valence-corrected chi connectivity index (χ3v) is 5.92. The van der Waals surface area contributed by atoms with Crippen molar-refractivity contribution in [1.82, 2.24) is 14.9 Å². The Balaban J connectivity index is 1.49. The molecule has 0 bridgehead atoms. The quantitative estimate of drug-likeness (QED) is 0.681. The van der Waals surface area contributed by atoms with Crippen molar-refractivity contribution >= 4 is 17.1 Å². The van der Waals surface area contributed by atoms with Crippen molar-refractivity contribution in [2.45, 2.75) is 32.1 Å². The van der Waals surface area contributed by atoms with E-state index >= 15 is 0 Å². The molecule has 0 spiro atoms. The Morgan fingerprint density at radius 1 is 1.27 bits per heavy atom. The average molecular weight is 409 g/mol. The number of phenolic OH excluding ortho intramolecular Hbond substituents is 1. The number of β-amino-alcohol motifs (C(OH)–C–C–N with tert-alkyl or cyclic N) is 1. The fourth-order valence-corrected chi connectivity index (χ4v) is 4.37. The summed E-state index contributed by atoms with van der Waals surface area (Å²) in [5, 5.41) is 20.0. The third-order valence-electron chi connectivity index (χ3n) is 5.92. The molecule has 1 fully saturated rings. The number of piperidine rings is 1. The van der Waals surface area contributed by atoms with Crippen LogP contribution in [-0.2, 0) is 11.2 Å². The Kier molecular flexibility index (Phi) is 4.58. The summed E-state index contributed by atoms with van der Waals surface area (Å²) in [7, 11) is 0. The predicted molar refractivity (Wildman–Crippen MR) is 108 cm³/mol. The lowest BCUT2D eigenvalue weighted by atomic mass is 9.97. The van der Waals surface area contributed by atoms with Gasteiger partial charge in [0.15, 0.2) is 11.2 Å². The Hall–Kier alpha value is -3.13. The van der Waals surface area contributed by atoms with Gasteiger partial charge in [0.1, 0.15) is 11.5 Å². The molecular formula is C22H23N3O5. The number of amides is 1. The highest BCUT2D eigenvalue weighted by molar-refractivity contribution is 5.80. The standard InChI is InChI=1S/C22H23N3O5/c1-12-10-17-14(6-9-29-17)20(28)19(12)15-3-4-16-21(23-15)24-22(30-16)13-2-5-18(27)25(11-13)7-8-26/h3-4,10,13,26,28H,2,5-9,11H2,1H3/t13-/m1/s1. The summed E-state index contributed by atoms with van der Waals surface area (Å²) in [5.41, 5.74) is 4.06. The summed E-state index contributed by atoms with van der Waals surface area (Å²) in [6.45, 7) is 3.22. The number of oxazole rings is 1. The zero-order valence-corrected chi connectivity index (χ0v) is 16.7. The minimum atomic E-state index is -0.0639. The van der Waals surface area contributed by atoms with Crippen molar-refractivity contribution in [3.05, 3.63) is 35.2 Å². The van der Waals surface area contributed by atoms with Crippen LogP contribution < -0.4 is 4.74 Å². The first-order valence-electron chi connectivity index (χ1n) is 10.2. The number of phenols is 1. The highest BCUT2D eigenvalue weighted by atomic mass is 16.5. The molecule has 0 radical (unpaired) electrons. The molecule has 5 rings (SSSR count). The van der Waals surface area contributed by atoms with E-state index in [9.17, 15) is 15.0 Å². The van der Waals surface area contributed by atoms with Crippen LogP contribution in [0.4, 0.5) is 0 Å². The summed E-state index contributed by atoms with van der Waals surface area (Å²) < 4.78 is 11.5. The van der Waals surface area contributed by atoms with Crippen LogP contribution in [0.25, 0.3) is 22.5 Å². The van der Waals surface area contributed by atoms with E-state index in [0.717, 1.165) is 16.9 Å². The van der Waals surface area contributed by atoms with Crippen LogP contribution in [0.2, 0.25) is 0 Å². The second-order valence-corrected chi connectivity index (χ2v) is 7.86. The van der Waals surface area contributed by atoms with Gasteiger partial charge in [-0.05, 0) is 37.1 Å². The number of carbonyl (C=O) groups is 1. The van der Waals surface area contributed by atoms with Gasteiger partial charge in [0.25, 0.3) is 0 Å². The van der Waals surface area contributed by atoms with Gasteiger partial charge < -0.3 is 24.3 Å². The van der Waals surface area contributed by atoms with Crippen molar-refractivity contribution in [1.29, 1.82) is 0 Å². The number of fused-ring (bicyclic) bond motifs is 2. The van der Waals surface area contributed by atoms with Gasteiger partial charge in [-0.25, -0.2) is 4.98 Å². The van der Waals surface area contributed by atoms with E-state index in [2.05, 4.69) is 9.97 Å². The van der Waals surface area contributed by atoms with Gasteiger partial charge in [-0.1, -0.05) is 0 Å². The maximum atomic E-state index is 12.0.